The summed E-state index contributed by atoms with van der Waals surface area (Å²) in [6.45, 7) is 9.57. The average Bonchev–Trinajstić information content (AvgIpc) is 3.12. The minimum atomic E-state index is 0. The number of aliphatic imine (C=N–C) groups is 1. The number of rotatable bonds is 7. The Morgan fingerprint density at radius 2 is 2.00 bits per heavy atom. The maximum absolute atomic E-state index is 4.41. The molecule has 1 aromatic heterocycles. The van der Waals surface area contributed by atoms with Gasteiger partial charge in [0.25, 0.3) is 0 Å². The van der Waals surface area contributed by atoms with E-state index in [1.807, 2.05) is 13.2 Å². The summed E-state index contributed by atoms with van der Waals surface area (Å²) in [5.74, 6) is 1.72. The van der Waals surface area contributed by atoms with Crippen LogP contribution in [0, 0.1) is 12.8 Å². The second kappa shape index (κ2) is 12.5. The Morgan fingerprint density at radius 1 is 1.24 bits per heavy atom. The van der Waals surface area contributed by atoms with Gasteiger partial charge in [-0.2, -0.15) is 0 Å². The highest BCUT2D eigenvalue weighted by Gasteiger charge is 2.15. The third-order valence-corrected chi connectivity index (χ3v) is 6.23. The summed E-state index contributed by atoms with van der Waals surface area (Å²) in [5.41, 5.74) is 2.69. The molecule has 2 aromatic rings. The van der Waals surface area contributed by atoms with Crippen molar-refractivity contribution in [3.63, 3.8) is 0 Å². The van der Waals surface area contributed by atoms with Gasteiger partial charge in [-0.25, -0.2) is 4.98 Å². The van der Waals surface area contributed by atoms with Crippen molar-refractivity contribution in [2.45, 2.75) is 46.2 Å². The molecule has 1 saturated heterocycles. The van der Waals surface area contributed by atoms with Crippen molar-refractivity contribution < 1.29 is 0 Å². The van der Waals surface area contributed by atoms with Crippen LogP contribution in [-0.2, 0) is 19.5 Å². The van der Waals surface area contributed by atoms with Crippen LogP contribution in [0.4, 0.5) is 0 Å². The summed E-state index contributed by atoms with van der Waals surface area (Å²) in [6, 6.07) is 8.90. The lowest BCUT2D eigenvalue weighted by molar-refractivity contribution is 0.185. The summed E-state index contributed by atoms with van der Waals surface area (Å²) in [6.07, 6.45) is 5.50. The number of likely N-dealkylation sites (tertiary alicyclic amines) is 1. The van der Waals surface area contributed by atoms with Crippen LogP contribution in [0.15, 0.2) is 35.5 Å². The van der Waals surface area contributed by atoms with Crippen molar-refractivity contribution in [2.75, 3.05) is 26.7 Å². The van der Waals surface area contributed by atoms with Crippen molar-refractivity contribution in [3.05, 3.63) is 51.5 Å². The summed E-state index contributed by atoms with van der Waals surface area (Å²) in [7, 11) is 1.82. The summed E-state index contributed by atoms with van der Waals surface area (Å²) in [4.78, 5) is 12.6. The fourth-order valence-electron chi connectivity index (χ4n) is 3.53. The number of benzene rings is 1. The van der Waals surface area contributed by atoms with Gasteiger partial charge in [-0.3, -0.25) is 9.89 Å². The fraction of sp³-hybridized carbons (Fsp3) is 0.545. The molecule has 2 heterocycles. The molecule has 0 unspecified atom stereocenters. The molecule has 0 atom stereocenters. The number of guanidine groups is 1. The van der Waals surface area contributed by atoms with Crippen molar-refractivity contribution >= 4 is 41.3 Å². The third-order valence-electron chi connectivity index (χ3n) is 5.26. The molecule has 1 aliphatic heterocycles. The van der Waals surface area contributed by atoms with E-state index in [1.165, 1.54) is 46.9 Å². The maximum Gasteiger partial charge on any atom is 0.191 e. The lowest BCUT2D eigenvalue weighted by Crippen LogP contribution is -2.37. The molecule has 29 heavy (non-hydrogen) atoms. The molecular formula is C22H34IN5S. The molecule has 0 bridgehead atoms. The summed E-state index contributed by atoms with van der Waals surface area (Å²) in [5, 5.41) is 7.97. The molecule has 2 N–H and O–H groups in total. The molecule has 0 spiro atoms. The lowest BCUT2D eigenvalue weighted by atomic mass is 9.98. The van der Waals surface area contributed by atoms with Gasteiger partial charge in [0, 0.05) is 44.2 Å². The van der Waals surface area contributed by atoms with E-state index in [4.69, 9.17) is 0 Å². The molecule has 0 aliphatic carbocycles. The lowest BCUT2D eigenvalue weighted by Gasteiger charge is -2.30. The van der Waals surface area contributed by atoms with E-state index in [-0.39, 0.29) is 24.0 Å². The van der Waals surface area contributed by atoms with Crippen LogP contribution >= 0.6 is 35.3 Å². The van der Waals surface area contributed by atoms with E-state index < -0.39 is 0 Å². The highest BCUT2D eigenvalue weighted by atomic mass is 127. The van der Waals surface area contributed by atoms with Crippen LogP contribution in [0.3, 0.4) is 0 Å². The maximum atomic E-state index is 4.41. The van der Waals surface area contributed by atoms with Gasteiger partial charge in [0.05, 0.1) is 5.01 Å². The van der Waals surface area contributed by atoms with Gasteiger partial charge in [0.15, 0.2) is 5.96 Å². The van der Waals surface area contributed by atoms with Crippen LogP contribution in [0.5, 0.6) is 0 Å². The predicted molar refractivity (Wildman–Crippen MR) is 134 cm³/mol. The van der Waals surface area contributed by atoms with E-state index in [0.29, 0.717) is 0 Å². The Hall–Kier alpha value is -1.19. The highest BCUT2D eigenvalue weighted by Crippen LogP contribution is 2.18. The quantitative estimate of drug-likeness (QED) is 0.322. The van der Waals surface area contributed by atoms with E-state index >= 15 is 0 Å². The van der Waals surface area contributed by atoms with Gasteiger partial charge in [-0.1, -0.05) is 31.2 Å². The smallest absolute Gasteiger partial charge is 0.191 e. The Kier molecular flexibility index (Phi) is 10.4. The molecule has 1 aromatic carbocycles. The molecule has 160 valence electrons. The zero-order valence-electron chi connectivity index (χ0n) is 17.8. The van der Waals surface area contributed by atoms with E-state index in [9.17, 15) is 0 Å². The second-order valence-electron chi connectivity index (χ2n) is 7.75. The number of nitrogens with one attached hydrogen (secondary N) is 2. The number of nitrogens with zero attached hydrogens (tertiary/aromatic N) is 3. The molecule has 1 aliphatic rings. The van der Waals surface area contributed by atoms with Crippen molar-refractivity contribution in [2.24, 2.45) is 10.9 Å². The fourth-order valence-corrected chi connectivity index (χ4v) is 4.31. The molecule has 7 heteroatoms. The first-order valence-corrected chi connectivity index (χ1v) is 11.1. The van der Waals surface area contributed by atoms with Crippen LogP contribution in [0.1, 0.15) is 40.8 Å². The normalized spacial score (nSPS) is 15.8. The molecule has 1 fully saturated rings. The number of piperidine rings is 1. The average molecular weight is 528 g/mol. The molecule has 5 nitrogen and oxygen atoms in total. The van der Waals surface area contributed by atoms with E-state index in [1.54, 1.807) is 11.3 Å². The Morgan fingerprint density at radius 3 is 2.69 bits per heavy atom. The van der Waals surface area contributed by atoms with Gasteiger partial charge in [-0.05, 0) is 49.9 Å². The number of hydrogen-bond donors (Lipinski definition) is 2. The molecule has 0 radical (unpaired) electrons. The standard InChI is InChI=1S/C22H33N5S.HI/c1-17-8-11-27(12-9-17)16-20-6-4-5-19(13-20)15-26-22(23-3)24-10-7-21-25-14-18(2)28-21;/h4-6,13-14,17H,7-12,15-16H2,1-3H3,(H2,23,24,26);1H. The van der Waals surface area contributed by atoms with Gasteiger partial charge in [0.2, 0.25) is 0 Å². The Labute approximate surface area is 196 Å². The molecular weight excluding hydrogens is 493 g/mol. The molecule has 0 amide bonds. The Bertz CT molecular complexity index is 768. The number of aromatic nitrogens is 1. The number of aryl methyl sites for hydroxylation is 1. The molecule has 3 rings (SSSR count). The van der Waals surface area contributed by atoms with Gasteiger partial charge in [0.1, 0.15) is 0 Å². The summed E-state index contributed by atoms with van der Waals surface area (Å²) < 4.78 is 0. The first kappa shape index (κ1) is 24.1. The second-order valence-corrected chi connectivity index (χ2v) is 9.07. The number of halogens is 1. The van der Waals surface area contributed by atoms with Crippen LogP contribution in [0.2, 0.25) is 0 Å². The van der Waals surface area contributed by atoms with E-state index in [0.717, 1.165) is 37.9 Å². The largest absolute Gasteiger partial charge is 0.356 e. The van der Waals surface area contributed by atoms with Gasteiger partial charge < -0.3 is 10.6 Å². The topological polar surface area (TPSA) is 52.6 Å². The zero-order valence-corrected chi connectivity index (χ0v) is 20.9. The van der Waals surface area contributed by atoms with Crippen LogP contribution < -0.4 is 10.6 Å². The zero-order chi connectivity index (χ0) is 19.8. The van der Waals surface area contributed by atoms with Crippen LogP contribution in [0.25, 0.3) is 0 Å². The highest BCUT2D eigenvalue weighted by molar-refractivity contribution is 14.0. The SMILES string of the molecule is CN=C(NCCc1ncc(C)s1)NCc1cccc(CN2CCC(C)CC2)c1.I. The van der Waals surface area contributed by atoms with Gasteiger partial charge in [-0.15, -0.1) is 35.3 Å². The predicted octanol–water partition coefficient (Wildman–Crippen LogP) is 4.21. The van der Waals surface area contributed by atoms with Crippen molar-refractivity contribution in [1.82, 2.24) is 20.5 Å². The number of thiazole rings is 1. The third kappa shape index (κ3) is 8.22. The first-order chi connectivity index (χ1) is 13.6. The number of hydrogen-bond acceptors (Lipinski definition) is 4. The summed E-state index contributed by atoms with van der Waals surface area (Å²) >= 11 is 1.76. The molecule has 0 saturated carbocycles. The van der Waals surface area contributed by atoms with Crippen molar-refractivity contribution in [3.8, 4) is 0 Å². The van der Waals surface area contributed by atoms with Crippen LogP contribution in [-0.4, -0.2) is 42.5 Å². The monoisotopic (exact) mass is 527 g/mol. The van der Waals surface area contributed by atoms with Gasteiger partial charge >= 0.3 is 0 Å². The Balaban J connectivity index is 0.00000300. The minimum absolute atomic E-state index is 0. The van der Waals surface area contributed by atoms with Crippen molar-refractivity contribution in [1.29, 1.82) is 0 Å². The first-order valence-electron chi connectivity index (χ1n) is 10.3. The minimum Gasteiger partial charge on any atom is -0.356 e. The van der Waals surface area contributed by atoms with E-state index in [2.05, 4.69) is 63.6 Å².